The van der Waals surface area contributed by atoms with Crippen LogP contribution in [0.5, 0.6) is 0 Å². The molecule has 96 valence electrons. The Bertz CT molecular complexity index is 334. The summed E-state index contributed by atoms with van der Waals surface area (Å²) in [5.74, 6) is 0.0755. The van der Waals surface area contributed by atoms with Gasteiger partial charge in [0.2, 0.25) is 0 Å². The van der Waals surface area contributed by atoms with E-state index in [1.807, 2.05) is 6.92 Å². The zero-order valence-corrected chi connectivity index (χ0v) is 11.0. The summed E-state index contributed by atoms with van der Waals surface area (Å²) in [7, 11) is 0. The standard InChI is InChI=1S/C15H24O2/c1-10-5-4-7-15(3)8-6-12(9-13(10)15)11(2)14(16)17/h11-13H,1,4-9H2,2-3H3,(H,16,17)/t11-,12+,13+,15+/m0/s1. The lowest BCUT2D eigenvalue weighted by atomic mass is 9.56. The van der Waals surface area contributed by atoms with Crippen LogP contribution in [0.25, 0.3) is 0 Å². The fourth-order valence-corrected chi connectivity index (χ4v) is 3.90. The summed E-state index contributed by atoms with van der Waals surface area (Å²) in [4.78, 5) is 11.1. The second-order valence-corrected chi connectivity index (χ2v) is 6.38. The number of carbonyl (C=O) groups is 1. The van der Waals surface area contributed by atoms with Gasteiger partial charge in [0.1, 0.15) is 0 Å². The number of rotatable bonds is 2. The largest absolute Gasteiger partial charge is 0.481 e. The molecule has 0 heterocycles. The molecule has 2 fully saturated rings. The molecule has 0 radical (unpaired) electrons. The molecule has 0 amide bonds. The first-order valence-electron chi connectivity index (χ1n) is 6.84. The molecule has 0 spiro atoms. The summed E-state index contributed by atoms with van der Waals surface area (Å²) >= 11 is 0. The lowest BCUT2D eigenvalue weighted by molar-refractivity contribution is -0.144. The van der Waals surface area contributed by atoms with Gasteiger partial charge in [-0.05, 0) is 55.8 Å². The molecule has 0 bridgehead atoms. The molecule has 2 nitrogen and oxygen atoms in total. The summed E-state index contributed by atoms with van der Waals surface area (Å²) in [6, 6.07) is 0. The highest BCUT2D eigenvalue weighted by Gasteiger charge is 2.44. The van der Waals surface area contributed by atoms with Crippen molar-refractivity contribution in [3.8, 4) is 0 Å². The predicted molar refractivity (Wildman–Crippen MR) is 68.7 cm³/mol. The minimum Gasteiger partial charge on any atom is -0.481 e. The SMILES string of the molecule is C=C1CCC[C@]2(C)CC[C@@H]([C@H](C)C(=O)O)C[C@H]12. The Balaban J connectivity index is 2.11. The van der Waals surface area contributed by atoms with Crippen molar-refractivity contribution >= 4 is 5.97 Å². The minimum absolute atomic E-state index is 0.200. The molecule has 2 heteroatoms. The average Bonchev–Trinajstić information content (AvgIpc) is 2.27. The minimum atomic E-state index is -0.639. The van der Waals surface area contributed by atoms with Crippen molar-refractivity contribution in [3.63, 3.8) is 0 Å². The number of fused-ring (bicyclic) bond motifs is 1. The number of carboxylic acid groups (broad SMARTS) is 1. The van der Waals surface area contributed by atoms with Gasteiger partial charge in [0.25, 0.3) is 0 Å². The molecule has 2 saturated carbocycles. The van der Waals surface area contributed by atoms with Crippen LogP contribution in [-0.2, 0) is 4.79 Å². The second-order valence-electron chi connectivity index (χ2n) is 6.38. The van der Waals surface area contributed by atoms with Crippen molar-refractivity contribution in [1.82, 2.24) is 0 Å². The molecule has 0 unspecified atom stereocenters. The summed E-state index contributed by atoms with van der Waals surface area (Å²) in [6.45, 7) is 8.48. The van der Waals surface area contributed by atoms with Gasteiger partial charge in [-0.15, -0.1) is 0 Å². The average molecular weight is 236 g/mol. The molecule has 0 aromatic rings. The molecule has 0 saturated heterocycles. The quantitative estimate of drug-likeness (QED) is 0.739. The first-order chi connectivity index (χ1) is 7.94. The van der Waals surface area contributed by atoms with E-state index >= 15 is 0 Å². The summed E-state index contributed by atoms with van der Waals surface area (Å²) < 4.78 is 0. The van der Waals surface area contributed by atoms with Crippen molar-refractivity contribution in [2.24, 2.45) is 23.2 Å². The van der Waals surface area contributed by atoms with E-state index in [4.69, 9.17) is 5.11 Å². The Morgan fingerprint density at radius 1 is 1.53 bits per heavy atom. The maximum absolute atomic E-state index is 11.1. The van der Waals surface area contributed by atoms with Crippen molar-refractivity contribution in [3.05, 3.63) is 12.2 Å². The zero-order chi connectivity index (χ0) is 12.6. The molecular weight excluding hydrogens is 212 g/mol. The molecule has 0 aliphatic heterocycles. The highest BCUT2D eigenvalue weighted by Crippen LogP contribution is 2.54. The van der Waals surface area contributed by atoms with E-state index in [2.05, 4.69) is 13.5 Å². The van der Waals surface area contributed by atoms with E-state index in [1.165, 1.54) is 24.8 Å². The summed E-state index contributed by atoms with van der Waals surface area (Å²) in [5.41, 5.74) is 1.78. The second kappa shape index (κ2) is 4.47. The van der Waals surface area contributed by atoms with Crippen LogP contribution in [0.4, 0.5) is 0 Å². The third-order valence-electron chi connectivity index (χ3n) is 5.30. The van der Waals surface area contributed by atoms with Gasteiger partial charge in [-0.3, -0.25) is 4.79 Å². The molecule has 4 atom stereocenters. The first kappa shape index (κ1) is 12.7. The van der Waals surface area contributed by atoms with Gasteiger partial charge in [0, 0.05) is 0 Å². The van der Waals surface area contributed by atoms with Crippen LogP contribution in [0.15, 0.2) is 12.2 Å². The fraction of sp³-hybridized carbons (Fsp3) is 0.800. The Labute approximate surface area is 104 Å². The maximum Gasteiger partial charge on any atom is 0.306 e. The molecule has 0 aromatic heterocycles. The van der Waals surface area contributed by atoms with Gasteiger partial charge in [0.05, 0.1) is 5.92 Å². The molecule has 2 rings (SSSR count). The maximum atomic E-state index is 11.1. The van der Waals surface area contributed by atoms with E-state index in [-0.39, 0.29) is 5.92 Å². The molecule has 2 aliphatic carbocycles. The van der Waals surface area contributed by atoms with Crippen LogP contribution in [0.3, 0.4) is 0 Å². The number of hydrogen-bond acceptors (Lipinski definition) is 1. The highest BCUT2D eigenvalue weighted by molar-refractivity contribution is 5.69. The molecule has 17 heavy (non-hydrogen) atoms. The van der Waals surface area contributed by atoms with Crippen LogP contribution in [0.1, 0.15) is 52.4 Å². The van der Waals surface area contributed by atoms with Gasteiger partial charge in [-0.25, -0.2) is 0 Å². The number of hydrogen-bond donors (Lipinski definition) is 1. The topological polar surface area (TPSA) is 37.3 Å². The number of carboxylic acids is 1. The molecular formula is C15H24O2. The summed E-state index contributed by atoms with van der Waals surface area (Å²) in [5, 5.41) is 9.14. The Hall–Kier alpha value is -0.790. The van der Waals surface area contributed by atoms with E-state index in [0.717, 1.165) is 19.3 Å². The van der Waals surface area contributed by atoms with E-state index < -0.39 is 5.97 Å². The third kappa shape index (κ3) is 2.27. The molecule has 1 N–H and O–H groups in total. The fourth-order valence-electron chi connectivity index (χ4n) is 3.90. The summed E-state index contributed by atoms with van der Waals surface area (Å²) in [6.07, 6.45) is 7.01. The Morgan fingerprint density at radius 3 is 2.88 bits per heavy atom. The van der Waals surface area contributed by atoms with Gasteiger partial charge < -0.3 is 5.11 Å². The highest BCUT2D eigenvalue weighted by atomic mass is 16.4. The van der Waals surface area contributed by atoms with Gasteiger partial charge in [-0.2, -0.15) is 0 Å². The zero-order valence-electron chi connectivity index (χ0n) is 11.0. The van der Waals surface area contributed by atoms with Crippen LogP contribution in [0.2, 0.25) is 0 Å². The van der Waals surface area contributed by atoms with Crippen molar-refractivity contribution < 1.29 is 9.90 Å². The van der Waals surface area contributed by atoms with Crippen LogP contribution in [0, 0.1) is 23.2 Å². The van der Waals surface area contributed by atoms with E-state index in [9.17, 15) is 4.79 Å². The lowest BCUT2D eigenvalue weighted by Crippen LogP contribution is -2.40. The number of aliphatic carboxylic acids is 1. The van der Waals surface area contributed by atoms with Crippen LogP contribution in [-0.4, -0.2) is 11.1 Å². The van der Waals surface area contributed by atoms with E-state index in [1.54, 1.807) is 0 Å². The Kier molecular flexibility index (Phi) is 3.33. The van der Waals surface area contributed by atoms with Crippen molar-refractivity contribution in [2.75, 3.05) is 0 Å². The van der Waals surface area contributed by atoms with Gasteiger partial charge >= 0.3 is 5.97 Å². The lowest BCUT2D eigenvalue weighted by Gasteiger charge is -2.49. The van der Waals surface area contributed by atoms with E-state index in [0.29, 0.717) is 17.3 Å². The number of allylic oxidation sites excluding steroid dienone is 1. The van der Waals surface area contributed by atoms with Crippen LogP contribution < -0.4 is 0 Å². The van der Waals surface area contributed by atoms with Gasteiger partial charge in [0.15, 0.2) is 0 Å². The third-order valence-corrected chi connectivity index (χ3v) is 5.30. The monoisotopic (exact) mass is 236 g/mol. The smallest absolute Gasteiger partial charge is 0.306 e. The first-order valence-corrected chi connectivity index (χ1v) is 6.84. The molecule has 2 aliphatic rings. The van der Waals surface area contributed by atoms with Gasteiger partial charge in [-0.1, -0.05) is 26.0 Å². The normalized spacial score (nSPS) is 39.5. The molecule has 0 aromatic carbocycles. The Morgan fingerprint density at radius 2 is 2.24 bits per heavy atom. The van der Waals surface area contributed by atoms with Crippen LogP contribution >= 0.6 is 0 Å². The predicted octanol–water partition coefficient (Wildman–Crippen LogP) is 3.87. The van der Waals surface area contributed by atoms with Crippen molar-refractivity contribution in [2.45, 2.75) is 52.4 Å². The van der Waals surface area contributed by atoms with Crippen molar-refractivity contribution in [1.29, 1.82) is 0 Å².